The summed E-state index contributed by atoms with van der Waals surface area (Å²) in [7, 11) is 0. The summed E-state index contributed by atoms with van der Waals surface area (Å²) in [5, 5.41) is 20.6. The first kappa shape index (κ1) is 17.7. The monoisotopic (exact) mass is 351 g/mol. The summed E-state index contributed by atoms with van der Waals surface area (Å²) >= 11 is 0. The zero-order chi connectivity index (χ0) is 18.8. The minimum Gasteiger partial charge on any atom is -0.508 e. The number of aliphatic hydroxyl groups excluding tert-OH is 1. The minimum absolute atomic E-state index is 0.0416. The Bertz CT molecular complexity index is 883. The molecule has 1 saturated heterocycles. The van der Waals surface area contributed by atoms with Crippen molar-refractivity contribution in [1.82, 2.24) is 4.90 Å². The largest absolute Gasteiger partial charge is 0.508 e. The smallest absolute Gasteiger partial charge is 0.295 e. The molecule has 2 aromatic carbocycles. The van der Waals surface area contributed by atoms with Crippen molar-refractivity contribution in [3.63, 3.8) is 0 Å². The molecule has 1 aliphatic heterocycles. The zero-order valence-electron chi connectivity index (χ0n) is 14.8. The molecule has 5 heteroatoms. The maximum Gasteiger partial charge on any atom is 0.295 e. The van der Waals surface area contributed by atoms with Gasteiger partial charge in [0, 0.05) is 12.1 Å². The Morgan fingerprint density at radius 2 is 1.81 bits per heavy atom. The van der Waals surface area contributed by atoms with E-state index in [1.807, 2.05) is 26.0 Å². The van der Waals surface area contributed by atoms with Gasteiger partial charge in [0.2, 0.25) is 0 Å². The van der Waals surface area contributed by atoms with Crippen LogP contribution in [0.5, 0.6) is 5.75 Å². The fourth-order valence-corrected chi connectivity index (χ4v) is 3.26. The number of aromatic hydroxyl groups is 1. The number of aryl methyl sites for hydroxylation is 1. The van der Waals surface area contributed by atoms with E-state index in [0.717, 1.165) is 5.56 Å². The van der Waals surface area contributed by atoms with Gasteiger partial charge in [0.05, 0.1) is 11.6 Å². The third-order valence-corrected chi connectivity index (χ3v) is 4.52. The van der Waals surface area contributed by atoms with Gasteiger partial charge in [-0.3, -0.25) is 9.59 Å². The van der Waals surface area contributed by atoms with Crippen LogP contribution in [0.15, 0.2) is 54.1 Å². The standard InChI is InChI=1S/C21H21NO4/c1-3-11-22-18(15-5-4-6-16(23)12-15)17(20(25)21(22)26)19(24)14-9-7-13(2)8-10-14/h4-10,12,18,23-24H,3,11H2,1-2H3/b19-17-. The van der Waals surface area contributed by atoms with Crippen LogP contribution in [0.1, 0.15) is 36.1 Å². The molecule has 1 unspecified atom stereocenters. The normalized spacial score (nSPS) is 19.2. The molecule has 0 bridgehead atoms. The average Bonchev–Trinajstić information content (AvgIpc) is 2.87. The highest BCUT2D eigenvalue weighted by molar-refractivity contribution is 6.46. The van der Waals surface area contributed by atoms with E-state index in [4.69, 9.17) is 0 Å². The van der Waals surface area contributed by atoms with Crippen molar-refractivity contribution in [2.24, 2.45) is 0 Å². The van der Waals surface area contributed by atoms with Gasteiger partial charge in [0.1, 0.15) is 11.5 Å². The van der Waals surface area contributed by atoms with Crippen molar-refractivity contribution >= 4 is 17.4 Å². The molecule has 134 valence electrons. The van der Waals surface area contributed by atoms with Crippen molar-refractivity contribution in [3.05, 3.63) is 70.8 Å². The van der Waals surface area contributed by atoms with Crippen molar-refractivity contribution in [1.29, 1.82) is 0 Å². The molecule has 1 aliphatic rings. The Morgan fingerprint density at radius 3 is 2.42 bits per heavy atom. The molecule has 0 aliphatic carbocycles. The number of phenolic OH excluding ortho intramolecular Hbond substituents is 1. The fourth-order valence-electron chi connectivity index (χ4n) is 3.26. The van der Waals surface area contributed by atoms with Crippen LogP contribution in [-0.4, -0.2) is 33.3 Å². The van der Waals surface area contributed by atoms with Crippen molar-refractivity contribution in [3.8, 4) is 5.75 Å². The molecule has 3 rings (SSSR count). The van der Waals surface area contributed by atoms with E-state index in [1.165, 1.54) is 17.0 Å². The predicted octanol–water partition coefficient (Wildman–Crippen LogP) is 3.53. The van der Waals surface area contributed by atoms with E-state index in [9.17, 15) is 19.8 Å². The fraction of sp³-hybridized carbons (Fsp3) is 0.238. The summed E-state index contributed by atoms with van der Waals surface area (Å²) < 4.78 is 0. The van der Waals surface area contributed by atoms with E-state index in [-0.39, 0.29) is 17.1 Å². The Hall–Kier alpha value is -3.08. The van der Waals surface area contributed by atoms with Gasteiger partial charge in [0.15, 0.2) is 0 Å². The number of amides is 1. The first-order valence-electron chi connectivity index (χ1n) is 8.58. The summed E-state index contributed by atoms with van der Waals surface area (Å²) in [6.07, 6.45) is 0.674. The van der Waals surface area contributed by atoms with Crippen LogP contribution in [0, 0.1) is 6.92 Å². The third kappa shape index (κ3) is 3.08. The number of Topliss-reactive ketones (excluding diaryl/α,β-unsaturated/α-hetero) is 1. The van der Waals surface area contributed by atoms with Gasteiger partial charge >= 0.3 is 0 Å². The number of ketones is 1. The first-order valence-corrected chi connectivity index (χ1v) is 8.58. The van der Waals surface area contributed by atoms with E-state index in [2.05, 4.69) is 0 Å². The zero-order valence-corrected chi connectivity index (χ0v) is 14.8. The topological polar surface area (TPSA) is 77.8 Å². The number of rotatable bonds is 4. The van der Waals surface area contributed by atoms with Gasteiger partial charge in [-0.25, -0.2) is 0 Å². The number of nitrogens with zero attached hydrogens (tertiary/aromatic N) is 1. The number of benzene rings is 2. The highest BCUT2D eigenvalue weighted by Gasteiger charge is 2.45. The van der Waals surface area contributed by atoms with Crippen LogP contribution in [0.25, 0.3) is 5.76 Å². The minimum atomic E-state index is -0.719. The summed E-state index contributed by atoms with van der Waals surface area (Å²) in [6, 6.07) is 12.8. The van der Waals surface area contributed by atoms with Gasteiger partial charge in [-0.2, -0.15) is 0 Å². The van der Waals surface area contributed by atoms with Crippen LogP contribution in [-0.2, 0) is 9.59 Å². The van der Waals surface area contributed by atoms with Crippen LogP contribution >= 0.6 is 0 Å². The van der Waals surface area contributed by atoms with Gasteiger partial charge in [-0.05, 0) is 31.0 Å². The second kappa shape index (κ2) is 7.04. The molecule has 5 nitrogen and oxygen atoms in total. The number of phenols is 1. The molecular formula is C21H21NO4. The van der Waals surface area contributed by atoms with Gasteiger partial charge in [-0.1, -0.05) is 48.9 Å². The quantitative estimate of drug-likeness (QED) is 0.502. The molecule has 1 atom stereocenters. The molecule has 2 aromatic rings. The summed E-state index contributed by atoms with van der Waals surface area (Å²) in [4.78, 5) is 26.7. The molecule has 0 radical (unpaired) electrons. The lowest BCUT2D eigenvalue weighted by molar-refractivity contribution is -0.139. The van der Waals surface area contributed by atoms with Crippen LogP contribution in [0.4, 0.5) is 0 Å². The van der Waals surface area contributed by atoms with Gasteiger partial charge in [0.25, 0.3) is 11.7 Å². The predicted molar refractivity (Wildman–Crippen MR) is 98.6 cm³/mol. The number of hydrogen-bond donors (Lipinski definition) is 2. The lowest BCUT2D eigenvalue weighted by Gasteiger charge is -2.25. The molecule has 1 fully saturated rings. The Balaban J connectivity index is 2.19. The lowest BCUT2D eigenvalue weighted by Crippen LogP contribution is -2.30. The van der Waals surface area contributed by atoms with Crippen molar-refractivity contribution < 1.29 is 19.8 Å². The highest BCUT2D eigenvalue weighted by Crippen LogP contribution is 2.40. The van der Waals surface area contributed by atoms with E-state index < -0.39 is 17.7 Å². The van der Waals surface area contributed by atoms with Crippen LogP contribution < -0.4 is 0 Å². The van der Waals surface area contributed by atoms with Crippen LogP contribution in [0.3, 0.4) is 0 Å². The molecule has 1 amide bonds. The Kier molecular flexibility index (Phi) is 4.80. The second-order valence-corrected chi connectivity index (χ2v) is 6.45. The number of carbonyl (C=O) groups excluding carboxylic acids is 2. The number of hydrogen-bond acceptors (Lipinski definition) is 4. The summed E-state index contributed by atoms with van der Waals surface area (Å²) in [5.74, 6) is -1.49. The Labute approximate surface area is 152 Å². The number of carbonyl (C=O) groups is 2. The van der Waals surface area contributed by atoms with E-state index >= 15 is 0 Å². The summed E-state index contributed by atoms with van der Waals surface area (Å²) in [6.45, 7) is 4.23. The maximum absolute atomic E-state index is 12.7. The van der Waals surface area contributed by atoms with Crippen molar-refractivity contribution in [2.75, 3.05) is 6.54 Å². The SMILES string of the molecule is CCCN1C(=O)C(=O)/C(=C(\O)c2ccc(C)cc2)C1c1cccc(O)c1. The van der Waals surface area contributed by atoms with E-state index in [1.54, 1.807) is 24.3 Å². The molecule has 0 saturated carbocycles. The van der Waals surface area contributed by atoms with Gasteiger partial charge in [-0.15, -0.1) is 0 Å². The number of aliphatic hydroxyl groups is 1. The van der Waals surface area contributed by atoms with Gasteiger partial charge < -0.3 is 15.1 Å². The molecule has 0 aromatic heterocycles. The molecule has 1 heterocycles. The molecule has 2 N–H and O–H groups in total. The molecule has 26 heavy (non-hydrogen) atoms. The van der Waals surface area contributed by atoms with Crippen molar-refractivity contribution in [2.45, 2.75) is 26.3 Å². The summed E-state index contributed by atoms with van der Waals surface area (Å²) in [5.41, 5.74) is 2.15. The third-order valence-electron chi connectivity index (χ3n) is 4.52. The number of likely N-dealkylation sites (tertiary alicyclic amines) is 1. The Morgan fingerprint density at radius 1 is 1.12 bits per heavy atom. The van der Waals surface area contributed by atoms with E-state index in [0.29, 0.717) is 24.1 Å². The second-order valence-electron chi connectivity index (χ2n) is 6.45. The highest BCUT2D eigenvalue weighted by atomic mass is 16.3. The maximum atomic E-state index is 12.7. The lowest BCUT2D eigenvalue weighted by atomic mass is 9.95. The molecular weight excluding hydrogens is 330 g/mol. The van der Waals surface area contributed by atoms with Crippen LogP contribution in [0.2, 0.25) is 0 Å². The first-order chi connectivity index (χ1) is 12.4. The average molecular weight is 351 g/mol. The molecule has 0 spiro atoms.